The average Bonchev–Trinajstić information content (AvgIpc) is 2.86. The fraction of sp³-hybridized carbons (Fsp3) is 0.125. The van der Waals surface area contributed by atoms with Gasteiger partial charge in [-0.25, -0.2) is 13.2 Å². The van der Waals surface area contributed by atoms with Gasteiger partial charge < -0.3 is 9.67 Å². The Hall–Kier alpha value is -1.94. The molecule has 2 heterocycles. The molecule has 0 spiro atoms. The highest BCUT2D eigenvalue weighted by atomic mass is 32.2. The number of carbonyl (C=O) groups is 1. The number of aromatic carboxylic acids is 1. The molecular formula is C8H8N4O4S2. The average molecular weight is 288 g/mol. The van der Waals surface area contributed by atoms with Crippen molar-refractivity contribution in [3.05, 3.63) is 23.5 Å². The number of rotatable bonds is 4. The molecule has 0 aromatic carbocycles. The first-order chi connectivity index (χ1) is 8.40. The van der Waals surface area contributed by atoms with Crippen molar-refractivity contribution >= 4 is 32.5 Å². The molecule has 0 bridgehead atoms. The van der Waals surface area contributed by atoms with Crippen LogP contribution >= 0.6 is 11.3 Å². The van der Waals surface area contributed by atoms with Gasteiger partial charge in [-0.15, -0.1) is 10.2 Å². The summed E-state index contributed by atoms with van der Waals surface area (Å²) in [5.74, 6) is -1.20. The molecule has 2 N–H and O–H groups in total. The lowest BCUT2D eigenvalue weighted by Crippen LogP contribution is -2.12. The molecule has 18 heavy (non-hydrogen) atoms. The van der Waals surface area contributed by atoms with E-state index in [1.807, 2.05) is 0 Å². The number of aryl methyl sites for hydroxylation is 1. The predicted octanol–water partition coefficient (Wildman–Crippen LogP) is 0.376. The molecule has 10 heteroatoms. The van der Waals surface area contributed by atoms with Crippen LogP contribution in [0, 0.1) is 0 Å². The fourth-order valence-electron chi connectivity index (χ4n) is 1.29. The van der Waals surface area contributed by atoms with Gasteiger partial charge in [0, 0.05) is 13.2 Å². The summed E-state index contributed by atoms with van der Waals surface area (Å²) in [6.45, 7) is 0. The zero-order valence-electron chi connectivity index (χ0n) is 9.06. The van der Waals surface area contributed by atoms with Gasteiger partial charge in [0.25, 0.3) is 10.0 Å². The van der Waals surface area contributed by atoms with E-state index in [9.17, 15) is 13.2 Å². The Kier molecular flexibility index (Phi) is 3.05. The predicted molar refractivity (Wildman–Crippen MR) is 63.1 cm³/mol. The summed E-state index contributed by atoms with van der Waals surface area (Å²) in [6.07, 6.45) is 1.22. The van der Waals surface area contributed by atoms with Gasteiger partial charge in [-0.1, -0.05) is 11.3 Å². The molecule has 2 aromatic heterocycles. The van der Waals surface area contributed by atoms with Crippen LogP contribution in [0.2, 0.25) is 0 Å². The molecule has 2 aromatic rings. The summed E-state index contributed by atoms with van der Waals surface area (Å²) >= 11 is 1.03. The molecule has 0 saturated heterocycles. The van der Waals surface area contributed by atoms with E-state index in [-0.39, 0.29) is 15.7 Å². The van der Waals surface area contributed by atoms with Gasteiger partial charge in [-0.3, -0.25) is 4.72 Å². The minimum absolute atomic E-state index is 0.118. The normalized spacial score (nSPS) is 11.4. The number of anilines is 1. The highest BCUT2D eigenvalue weighted by Gasteiger charge is 2.21. The summed E-state index contributed by atoms with van der Waals surface area (Å²) in [5, 5.41) is 16.0. The second-order valence-corrected chi connectivity index (χ2v) is 5.84. The van der Waals surface area contributed by atoms with Crippen LogP contribution in [-0.2, 0) is 17.1 Å². The van der Waals surface area contributed by atoms with E-state index in [2.05, 4.69) is 14.9 Å². The van der Waals surface area contributed by atoms with E-state index in [4.69, 9.17) is 5.11 Å². The third-order valence-corrected chi connectivity index (χ3v) is 4.13. The number of nitrogens with one attached hydrogen (secondary N) is 1. The van der Waals surface area contributed by atoms with Gasteiger partial charge in [-0.2, -0.15) is 0 Å². The smallest absolute Gasteiger partial charge is 0.352 e. The van der Waals surface area contributed by atoms with Crippen LogP contribution in [0.25, 0.3) is 0 Å². The van der Waals surface area contributed by atoms with E-state index < -0.39 is 16.0 Å². The van der Waals surface area contributed by atoms with Crippen LogP contribution in [0.1, 0.15) is 10.5 Å². The van der Waals surface area contributed by atoms with Gasteiger partial charge in [0.1, 0.15) is 16.1 Å². The maximum atomic E-state index is 11.9. The van der Waals surface area contributed by atoms with Crippen LogP contribution in [-0.4, -0.2) is 34.3 Å². The largest absolute Gasteiger partial charge is 0.477 e. The lowest BCUT2D eigenvalue weighted by molar-refractivity contribution is 0.0686. The Morgan fingerprint density at radius 1 is 1.56 bits per heavy atom. The molecule has 0 aliphatic heterocycles. The maximum Gasteiger partial charge on any atom is 0.352 e. The molecule has 0 fully saturated rings. The van der Waals surface area contributed by atoms with Gasteiger partial charge in [0.05, 0.1) is 0 Å². The second kappa shape index (κ2) is 4.38. The lowest BCUT2D eigenvalue weighted by Gasteiger charge is -2.00. The van der Waals surface area contributed by atoms with E-state index >= 15 is 0 Å². The van der Waals surface area contributed by atoms with Gasteiger partial charge in [0.15, 0.2) is 0 Å². The minimum atomic E-state index is -3.84. The first-order valence-corrected chi connectivity index (χ1v) is 6.95. The number of sulfonamides is 1. The number of carboxylic acid groups (broad SMARTS) is 1. The zero-order chi connectivity index (χ0) is 13.3. The van der Waals surface area contributed by atoms with Crippen molar-refractivity contribution in [1.29, 1.82) is 0 Å². The van der Waals surface area contributed by atoms with E-state index in [0.29, 0.717) is 0 Å². The number of nitrogens with zero attached hydrogens (tertiary/aromatic N) is 3. The number of hydrogen-bond acceptors (Lipinski definition) is 6. The lowest BCUT2D eigenvalue weighted by atomic mass is 10.4. The molecule has 96 valence electrons. The number of hydrogen-bond donors (Lipinski definition) is 2. The molecule has 0 aliphatic carbocycles. The molecule has 0 amide bonds. The van der Waals surface area contributed by atoms with Crippen molar-refractivity contribution in [2.45, 2.75) is 4.90 Å². The van der Waals surface area contributed by atoms with Crippen molar-refractivity contribution in [2.24, 2.45) is 7.05 Å². The Morgan fingerprint density at radius 3 is 2.78 bits per heavy atom. The summed E-state index contributed by atoms with van der Waals surface area (Å²) < 4.78 is 27.2. The maximum absolute atomic E-state index is 11.9. The molecule has 8 nitrogen and oxygen atoms in total. The number of aromatic nitrogens is 3. The van der Waals surface area contributed by atoms with E-state index in [1.165, 1.54) is 23.3 Å². The molecule has 0 atom stereocenters. The minimum Gasteiger partial charge on any atom is -0.477 e. The van der Waals surface area contributed by atoms with Crippen LogP contribution < -0.4 is 4.72 Å². The Morgan fingerprint density at radius 2 is 2.28 bits per heavy atom. The molecule has 2 rings (SSSR count). The Balaban J connectivity index is 2.36. The van der Waals surface area contributed by atoms with E-state index in [0.717, 1.165) is 17.4 Å². The molecule has 0 radical (unpaired) electrons. The Labute approximate surface area is 106 Å². The monoisotopic (exact) mass is 288 g/mol. The first-order valence-electron chi connectivity index (χ1n) is 4.59. The van der Waals surface area contributed by atoms with Gasteiger partial charge in [0.2, 0.25) is 5.13 Å². The standard InChI is InChI=1S/C8H8N4O4S2/c1-12-3-5(2-6(12)7(13)14)18(15,16)11-8-10-9-4-17-8/h2-4H,1H3,(H,10,11)(H,13,14). The number of carboxylic acids is 1. The van der Waals surface area contributed by atoms with Crippen LogP contribution in [0.4, 0.5) is 5.13 Å². The summed E-state index contributed by atoms with van der Waals surface area (Å²) in [7, 11) is -2.39. The topological polar surface area (TPSA) is 114 Å². The van der Waals surface area contributed by atoms with Crippen molar-refractivity contribution in [2.75, 3.05) is 4.72 Å². The van der Waals surface area contributed by atoms with E-state index in [1.54, 1.807) is 0 Å². The van der Waals surface area contributed by atoms with Gasteiger partial charge in [-0.05, 0) is 6.07 Å². The third kappa shape index (κ3) is 2.33. The molecule has 0 saturated carbocycles. The van der Waals surface area contributed by atoms with Crippen molar-refractivity contribution in [1.82, 2.24) is 14.8 Å². The van der Waals surface area contributed by atoms with Crippen molar-refractivity contribution in [3.63, 3.8) is 0 Å². The first kappa shape index (κ1) is 12.5. The Bertz CT molecular complexity index is 674. The van der Waals surface area contributed by atoms with Crippen LogP contribution in [0.5, 0.6) is 0 Å². The summed E-state index contributed by atoms with van der Waals surface area (Å²) in [4.78, 5) is 10.7. The zero-order valence-corrected chi connectivity index (χ0v) is 10.7. The molecule has 0 unspecified atom stereocenters. The summed E-state index contributed by atoms with van der Waals surface area (Å²) in [6, 6.07) is 1.08. The highest BCUT2D eigenvalue weighted by molar-refractivity contribution is 7.93. The van der Waals surface area contributed by atoms with Gasteiger partial charge >= 0.3 is 5.97 Å². The van der Waals surface area contributed by atoms with Crippen molar-refractivity contribution in [3.8, 4) is 0 Å². The SMILES string of the molecule is Cn1cc(S(=O)(=O)Nc2nncs2)cc1C(=O)O. The quantitative estimate of drug-likeness (QED) is 0.840. The second-order valence-electron chi connectivity index (χ2n) is 3.33. The third-order valence-electron chi connectivity index (χ3n) is 2.09. The highest BCUT2D eigenvalue weighted by Crippen LogP contribution is 2.18. The molecule has 0 aliphatic rings. The fourth-order valence-corrected chi connectivity index (χ4v) is 3.05. The summed E-state index contributed by atoms with van der Waals surface area (Å²) in [5.41, 5.74) is 1.26. The van der Waals surface area contributed by atoms with Crippen LogP contribution in [0.15, 0.2) is 22.7 Å². The van der Waals surface area contributed by atoms with Crippen LogP contribution in [0.3, 0.4) is 0 Å². The van der Waals surface area contributed by atoms with Crippen molar-refractivity contribution < 1.29 is 18.3 Å². The molecular weight excluding hydrogens is 280 g/mol.